The summed E-state index contributed by atoms with van der Waals surface area (Å²) in [6.07, 6.45) is 0. The molecule has 0 radical (unpaired) electrons. The Morgan fingerprint density at radius 2 is 2.26 bits per heavy atom. The molecule has 0 saturated heterocycles. The normalized spacial score (nSPS) is 10.8. The maximum absolute atomic E-state index is 11.3. The average Bonchev–Trinajstić information content (AvgIpc) is 3.04. The number of thiophene rings is 1. The van der Waals surface area contributed by atoms with Crippen LogP contribution in [-0.4, -0.2) is 33.3 Å². The van der Waals surface area contributed by atoms with Crippen molar-refractivity contribution in [3.8, 4) is 10.7 Å². The van der Waals surface area contributed by atoms with Gasteiger partial charge >= 0.3 is 5.97 Å². The number of esters is 1. The zero-order valence-electron chi connectivity index (χ0n) is 10.1. The van der Waals surface area contributed by atoms with Crippen molar-refractivity contribution in [1.29, 1.82) is 0 Å². The zero-order valence-corrected chi connectivity index (χ0v) is 10.9. The number of nitrogens with zero attached hydrogens (tertiary/aromatic N) is 4. The molecule has 0 unspecified atom stereocenters. The largest absolute Gasteiger partial charge is 0.468 e. The van der Waals surface area contributed by atoms with Gasteiger partial charge in [-0.2, -0.15) is 0 Å². The number of ether oxygens (including phenoxy) is 1. The topological polar surface area (TPSA) is 69.9 Å². The van der Waals surface area contributed by atoms with Crippen LogP contribution in [0.4, 0.5) is 0 Å². The van der Waals surface area contributed by atoms with Crippen LogP contribution in [0.15, 0.2) is 29.6 Å². The number of carbonyl (C=O) groups excluding carboxylic acids is 1. The molecule has 0 N–H and O–H groups in total. The third kappa shape index (κ3) is 2.08. The summed E-state index contributed by atoms with van der Waals surface area (Å²) < 4.78 is 6.08. The Balaban J connectivity index is 2.07. The molecule has 0 bridgehead atoms. The molecule has 7 heteroatoms. The van der Waals surface area contributed by atoms with E-state index in [1.165, 1.54) is 11.8 Å². The van der Waals surface area contributed by atoms with E-state index in [-0.39, 0.29) is 12.5 Å². The van der Waals surface area contributed by atoms with Gasteiger partial charge in [0.2, 0.25) is 0 Å². The predicted octanol–water partition coefficient (Wildman–Crippen LogP) is 1.73. The van der Waals surface area contributed by atoms with Gasteiger partial charge in [0.1, 0.15) is 6.54 Å². The third-order valence-corrected chi connectivity index (χ3v) is 3.76. The second kappa shape index (κ2) is 4.77. The van der Waals surface area contributed by atoms with E-state index in [4.69, 9.17) is 0 Å². The minimum Gasteiger partial charge on any atom is -0.468 e. The van der Waals surface area contributed by atoms with E-state index < -0.39 is 0 Å². The Labute approximate surface area is 112 Å². The first-order valence-corrected chi connectivity index (χ1v) is 6.47. The SMILES string of the molecule is COC(=O)Cn1nnnc1-c1scc2ccccc12. The fourth-order valence-corrected chi connectivity index (χ4v) is 2.84. The van der Waals surface area contributed by atoms with Crippen LogP contribution in [0, 0.1) is 0 Å². The van der Waals surface area contributed by atoms with Crippen molar-refractivity contribution in [2.75, 3.05) is 7.11 Å². The molecule has 0 spiro atoms. The summed E-state index contributed by atoms with van der Waals surface area (Å²) in [5.41, 5.74) is 0. The quantitative estimate of drug-likeness (QED) is 0.680. The molecule has 0 amide bonds. The van der Waals surface area contributed by atoms with Crippen LogP contribution < -0.4 is 0 Å². The Morgan fingerprint density at radius 1 is 1.42 bits per heavy atom. The van der Waals surface area contributed by atoms with Gasteiger partial charge in [-0.25, -0.2) is 4.68 Å². The highest BCUT2D eigenvalue weighted by atomic mass is 32.1. The van der Waals surface area contributed by atoms with E-state index in [0.29, 0.717) is 5.82 Å². The Bertz CT molecular complexity index is 734. The van der Waals surface area contributed by atoms with Gasteiger partial charge in [0.05, 0.1) is 12.0 Å². The number of aromatic nitrogens is 4. The van der Waals surface area contributed by atoms with E-state index in [0.717, 1.165) is 15.6 Å². The van der Waals surface area contributed by atoms with Crippen LogP contribution in [0.1, 0.15) is 0 Å². The maximum Gasteiger partial charge on any atom is 0.327 e. The first-order valence-electron chi connectivity index (χ1n) is 5.59. The van der Waals surface area contributed by atoms with Gasteiger partial charge in [0.25, 0.3) is 0 Å². The maximum atomic E-state index is 11.3. The lowest BCUT2D eigenvalue weighted by Crippen LogP contribution is -2.13. The monoisotopic (exact) mass is 274 g/mol. The van der Waals surface area contributed by atoms with Crippen LogP contribution in [0.2, 0.25) is 0 Å². The molecule has 96 valence electrons. The van der Waals surface area contributed by atoms with E-state index in [1.807, 2.05) is 29.6 Å². The number of benzene rings is 1. The Kier molecular flexibility index (Phi) is 2.96. The van der Waals surface area contributed by atoms with Crippen molar-refractivity contribution in [1.82, 2.24) is 20.2 Å². The molecule has 0 atom stereocenters. The minimum atomic E-state index is -0.380. The molecule has 3 rings (SSSR count). The van der Waals surface area contributed by atoms with E-state index in [1.54, 1.807) is 11.3 Å². The highest BCUT2D eigenvalue weighted by Crippen LogP contribution is 2.33. The van der Waals surface area contributed by atoms with Gasteiger partial charge in [-0.3, -0.25) is 4.79 Å². The fourth-order valence-electron chi connectivity index (χ4n) is 1.83. The average molecular weight is 274 g/mol. The molecule has 0 aliphatic carbocycles. The van der Waals surface area contributed by atoms with Crippen LogP contribution in [0.3, 0.4) is 0 Å². The summed E-state index contributed by atoms with van der Waals surface area (Å²) in [6, 6.07) is 7.99. The molecule has 2 heterocycles. The molecule has 2 aromatic heterocycles. The third-order valence-electron chi connectivity index (χ3n) is 2.75. The highest BCUT2D eigenvalue weighted by Gasteiger charge is 2.16. The number of carbonyl (C=O) groups is 1. The molecule has 3 aromatic rings. The summed E-state index contributed by atoms with van der Waals surface area (Å²) in [5, 5.41) is 15.7. The van der Waals surface area contributed by atoms with Crippen molar-refractivity contribution < 1.29 is 9.53 Å². The number of hydrogen-bond donors (Lipinski definition) is 0. The van der Waals surface area contributed by atoms with Gasteiger partial charge in [0, 0.05) is 5.39 Å². The lowest BCUT2D eigenvalue weighted by Gasteiger charge is -2.02. The summed E-state index contributed by atoms with van der Waals surface area (Å²) in [5.74, 6) is 0.200. The van der Waals surface area contributed by atoms with E-state index >= 15 is 0 Å². The first kappa shape index (κ1) is 11.8. The Morgan fingerprint density at radius 3 is 3.11 bits per heavy atom. The number of hydrogen-bond acceptors (Lipinski definition) is 6. The number of methoxy groups -OCH3 is 1. The van der Waals surface area contributed by atoms with Gasteiger partial charge in [-0.1, -0.05) is 24.3 Å². The second-order valence-electron chi connectivity index (χ2n) is 3.89. The molecular formula is C12H10N4O2S. The van der Waals surface area contributed by atoms with Crippen molar-refractivity contribution in [3.05, 3.63) is 29.6 Å². The van der Waals surface area contributed by atoms with Gasteiger partial charge in [-0.15, -0.1) is 16.4 Å². The van der Waals surface area contributed by atoms with Crippen LogP contribution in [-0.2, 0) is 16.1 Å². The predicted molar refractivity (Wildman–Crippen MR) is 70.7 cm³/mol. The minimum absolute atomic E-state index is 0.00502. The Hall–Kier alpha value is -2.28. The van der Waals surface area contributed by atoms with Crippen molar-refractivity contribution in [2.24, 2.45) is 0 Å². The lowest BCUT2D eigenvalue weighted by atomic mass is 10.2. The van der Waals surface area contributed by atoms with Crippen LogP contribution >= 0.6 is 11.3 Å². The van der Waals surface area contributed by atoms with E-state index in [2.05, 4.69) is 20.3 Å². The zero-order chi connectivity index (χ0) is 13.2. The lowest BCUT2D eigenvalue weighted by molar-refractivity contribution is -0.141. The van der Waals surface area contributed by atoms with Crippen molar-refractivity contribution >= 4 is 28.1 Å². The molecule has 0 aliphatic heterocycles. The van der Waals surface area contributed by atoms with Gasteiger partial charge in [-0.05, 0) is 21.2 Å². The number of fused-ring (bicyclic) bond motifs is 1. The highest BCUT2D eigenvalue weighted by molar-refractivity contribution is 7.15. The number of tetrazole rings is 1. The first-order chi connectivity index (χ1) is 9.29. The smallest absolute Gasteiger partial charge is 0.327 e. The molecule has 19 heavy (non-hydrogen) atoms. The summed E-state index contributed by atoms with van der Waals surface area (Å²) in [6.45, 7) is 0.00502. The molecule has 0 saturated carbocycles. The van der Waals surface area contributed by atoms with Crippen LogP contribution in [0.25, 0.3) is 21.5 Å². The fraction of sp³-hybridized carbons (Fsp3) is 0.167. The van der Waals surface area contributed by atoms with Crippen molar-refractivity contribution in [2.45, 2.75) is 6.54 Å². The summed E-state index contributed by atoms with van der Waals surface area (Å²) in [7, 11) is 1.34. The van der Waals surface area contributed by atoms with Crippen molar-refractivity contribution in [3.63, 3.8) is 0 Å². The summed E-state index contributed by atoms with van der Waals surface area (Å²) >= 11 is 1.55. The number of rotatable bonds is 3. The van der Waals surface area contributed by atoms with Crippen LogP contribution in [0.5, 0.6) is 0 Å². The second-order valence-corrected chi connectivity index (χ2v) is 4.77. The standard InChI is InChI=1S/C12H10N4O2S/c1-18-10(17)6-16-12(13-14-15-16)11-9-5-3-2-4-8(9)7-19-11/h2-5,7H,6H2,1H3. The molecule has 0 fully saturated rings. The van der Waals surface area contributed by atoms with Gasteiger partial charge in [0.15, 0.2) is 5.82 Å². The molecule has 0 aliphatic rings. The molecular weight excluding hydrogens is 264 g/mol. The van der Waals surface area contributed by atoms with Gasteiger partial charge < -0.3 is 4.74 Å². The summed E-state index contributed by atoms with van der Waals surface area (Å²) in [4.78, 5) is 12.3. The molecule has 1 aromatic carbocycles. The molecule has 6 nitrogen and oxygen atoms in total. The van der Waals surface area contributed by atoms with E-state index in [9.17, 15) is 4.79 Å².